The zero-order valence-corrected chi connectivity index (χ0v) is 10.6. The van der Waals surface area contributed by atoms with Crippen LogP contribution < -0.4 is 0 Å². The molecule has 0 aliphatic heterocycles. The van der Waals surface area contributed by atoms with Crippen molar-refractivity contribution in [3.63, 3.8) is 0 Å². The third kappa shape index (κ3) is 6.47. The van der Waals surface area contributed by atoms with Gasteiger partial charge in [-0.05, 0) is 12.1 Å². The van der Waals surface area contributed by atoms with E-state index < -0.39 is 16.5 Å². The maximum atomic E-state index is 10.5. The smallest absolute Gasteiger partial charge is 0.337 e. The predicted molar refractivity (Wildman–Crippen MR) is 65.0 cm³/mol. The fraction of sp³-hybridized carbons (Fsp3) is 0.364. The first kappa shape index (κ1) is 15.3. The van der Waals surface area contributed by atoms with Gasteiger partial charge in [-0.15, -0.1) is 4.36 Å². The molecule has 0 aromatic heterocycles. The standard InChI is InChI=1S/C7H5NO4S.C4H10/c9-7(10)5-3-1-2-4-6(5)8-13(11)12;1-3-4-2/h1-4H,(H,9,10);3-4H2,1-2H3. The molecule has 0 saturated heterocycles. The minimum absolute atomic E-state index is 0.0664. The lowest BCUT2D eigenvalue weighted by atomic mass is 10.2. The summed E-state index contributed by atoms with van der Waals surface area (Å²) in [7, 11) is -2.63. The van der Waals surface area contributed by atoms with Gasteiger partial charge < -0.3 is 5.11 Å². The number of carboxylic acid groups (broad SMARTS) is 1. The molecule has 0 aliphatic rings. The third-order valence-corrected chi connectivity index (χ3v) is 2.15. The Bertz CT molecular complexity index is 484. The molecule has 17 heavy (non-hydrogen) atoms. The van der Waals surface area contributed by atoms with Gasteiger partial charge in [0.1, 0.15) is 0 Å². The van der Waals surface area contributed by atoms with Gasteiger partial charge in [0, 0.05) is 0 Å². The summed E-state index contributed by atoms with van der Waals surface area (Å²) in [5.41, 5.74) is -0.199. The number of unbranched alkanes of at least 4 members (excludes halogenated alkanes) is 1. The highest BCUT2D eigenvalue weighted by molar-refractivity contribution is 7.61. The first-order valence-corrected chi connectivity index (χ1v) is 6.19. The Hall–Kier alpha value is -1.69. The van der Waals surface area contributed by atoms with E-state index in [-0.39, 0.29) is 11.3 Å². The Morgan fingerprint density at radius 3 is 2.18 bits per heavy atom. The number of benzene rings is 1. The summed E-state index contributed by atoms with van der Waals surface area (Å²) in [5, 5.41) is 8.62. The van der Waals surface area contributed by atoms with Crippen molar-refractivity contribution in [2.75, 3.05) is 0 Å². The molecule has 1 aromatic carbocycles. The van der Waals surface area contributed by atoms with Crippen molar-refractivity contribution in [1.82, 2.24) is 0 Å². The monoisotopic (exact) mass is 257 g/mol. The van der Waals surface area contributed by atoms with E-state index in [2.05, 4.69) is 18.2 Å². The number of hydrogen-bond acceptors (Lipinski definition) is 4. The van der Waals surface area contributed by atoms with Crippen LogP contribution in [-0.4, -0.2) is 19.5 Å². The Kier molecular flexibility index (Phi) is 7.62. The van der Waals surface area contributed by atoms with Gasteiger partial charge in [-0.2, -0.15) is 8.42 Å². The Labute approximate surface area is 102 Å². The normalized spacial score (nSPS) is 8.82. The number of carboxylic acids is 1. The first-order valence-electron chi connectivity index (χ1n) is 5.16. The fourth-order valence-corrected chi connectivity index (χ4v) is 1.13. The van der Waals surface area contributed by atoms with Crippen LogP contribution in [-0.2, 0) is 10.5 Å². The van der Waals surface area contributed by atoms with E-state index in [1.807, 2.05) is 0 Å². The van der Waals surface area contributed by atoms with Gasteiger partial charge in [0.2, 0.25) is 0 Å². The SMILES string of the molecule is CCCC.O=C(O)c1ccccc1N=S(=O)=O. The second-order valence-electron chi connectivity index (χ2n) is 3.13. The Morgan fingerprint density at radius 1 is 1.24 bits per heavy atom. The molecule has 6 heteroatoms. The van der Waals surface area contributed by atoms with Crippen LogP contribution in [0, 0.1) is 0 Å². The molecule has 0 saturated carbocycles. The summed E-state index contributed by atoms with van der Waals surface area (Å²) < 4.78 is 23.5. The highest BCUT2D eigenvalue weighted by Crippen LogP contribution is 2.17. The molecule has 1 aromatic rings. The summed E-state index contributed by atoms with van der Waals surface area (Å²) in [4.78, 5) is 10.5. The molecule has 0 heterocycles. The molecular formula is C11H15NO4S. The molecule has 0 unspecified atom stereocenters. The van der Waals surface area contributed by atoms with Crippen LogP contribution in [0.25, 0.3) is 0 Å². The minimum atomic E-state index is -2.63. The molecule has 1 rings (SSSR count). The van der Waals surface area contributed by atoms with Crippen LogP contribution in [0.2, 0.25) is 0 Å². The molecular weight excluding hydrogens is 242 g/mol. The third-order valence-electron chi connectivity index (χ3n) is 1.81. The molecule has 0 atom stereocenters. The fourth-order valence-electron chi connectivity index (χ4n) is 0.814. The number of nitrogens with zero attached hydrogens (tertiary/aromatic N) is 1. The van der Waals surface area contributed by atoms with Gasteiger partial charge in [-0.1, -0.05) is 38.8 Å². The van der Waals surface area contributed by atoms with Crippen molar-refractivity contribution in [2.45, 2.75) is 26.7 Å². The largest absolute Gasteiger partial charge is 0.478 e. The molecule has 0 fully saturated rings. The van der Waals surface area contributed by atoms with E-state index in [1.54, 1.807) is 0 Å². The van der Waals surface area contributed by atoms with Gasteiger partial charge in [-0.3, -0.25) is 0 Å². The van der Waals surface area contributed by atoms with Crippen molar-refractivity contribution in [3.8, 4) is 0 Å². The molecule has 0 spiro atoms. The van der Waals surface area contributed by atoms with E-state index in [0.29, 0.717) is 0 Å². The number of carbonyl (C=O) groups is 1. The predicted octanol–water partition coefficient (Wildman–Crippen LogP) is 2.89. The summed E-state index contributed by atoms with van der Waals surface area (Å²) in [6.45, 7) is 4.36. The van der Waals surface area contributed by atoms with Crippen molar-refractivity contribution in [1.29, 1.82) is 0 Å². The molecule has 0 radical (unpaired) electrons. The zero-order chi connectivity index (χ0) is 13.3. The second kappa shape index (κ2) is 8.46. The lowest BCUT2D eigenvalue weighted by molar-refractivity contribution is 0.0698. The zero-order valence-electron chi connectivity index (χ0n) is 9.75. The van der Waals surface area contributed by atoms with Crippen LogP contribution in [0.5, 0.6) is 0 Å². The number of rotatable bonds is 3. The molecule has 1 N–H and O–H groups in total. The van der Waals surface area contributed by atoms with E-state index in [9.17, 15) is 13.2 Å². The van der Waals surface area contributed by atoms with Gasteiger partial charge in [0.25, 0.3) is 0 Å². The summed E-state index contributed by atoms with van der Waals surface area (Å²) in [6, 6.07) is 5.61. The topological polar surface area (TPSA) is 83.8 Å². The highest BCUT2D eigenvalue weighted by Gasteiger charge is 2.07. The molecule has 0 amide bonds. The van der Waals surface area contributed by atoms with E-state index in [1.165, 1.54) is 37.1 Å². The summed E-state index contributed by atoms with van der Waals surface area (Å²) >= 11 is 0. The van der Waals surface area contributed by atoms with E-state index >= 15 is 0 Å². The number of aromatic carboxylic acids is 1. The molecule has 0 bridgehead atoms. The average molecular weight is 257 g/mol. The van der Waals surface area contributed by atoms with E-state index in [0.717, 1.165) is 0 Å². The first-order chi connectivity index (χ1) is 8.02. The van der Waals surface area contributed by atoms with Crippen LogP contribution in [0.1, 0.15) is 37.0 Å². The molecule has 0 aliphatic carbocycles. The van der Waals surface area contributed by atoms with Crippen LogP contribution in [0.4, 0.5) is 5.69 Å². The quantitative estimate of drug-likeness (QED) is 0.902. The maximum Gasteiger partial charge on any atom is 0.337 e. The summed E-state index contributed by atoms with van der Waals surface area (Å²) in [5.74, 6) is -1.20. The lowest BCUT2D eigenvalue weighted by Crippen LogP contribution is -1.95. The van der Waals surface area contributed by atoms with Crippen molar-refractivity contribution in [3.05, 3.63) is 29.8 Å². The lowest BCUT2D eigenvalue weighted by Gasteiger charge is -1.95. The Balaban J connectivity index is 0.000000557. The van der Waals surface area contributed by atoms with Crippen LogP contribution >= 0.6 is 0 Å². The van der Waals surface area contributed by atoms with Crippen molar-refractivity contribution >= 4 is 22.2 Å². The van der Waals surface area contributed by atoms with Gasteiger partial charge in [0.05, 0.1) is 11.3 Å². The summed E-state index contributed by atoms with van der Waals surface area (Å²) in [6.07, 6.45) is 2.64. The second-order valence-corrected chi connectivity index (χ2v) is 3.75. The molecule has 94 valence electrons. The minimum Gasteiger partial charge on any atom is -0.478 e. The van der Waals surface area contributed by atoms with Crippen LogP contribution in [0.3, 0.4) is 0 Å². The van der Waals surface area contributed by atoms with E-state index in [4.69, 9.17) is 5.11 Å². The Morgan fingerprint density at radius 2 is 1.76 bits per heavy atom. The van der Waals surface area contributed by atoms with Crippen molar-refractivity contribution in [2.24, 2.45) is 4.36 Å². The van der Waals surface area contributed by atoms with Gasteiger partial charge >= 0.3 is 16.5 Å². The molecule has 5 nitrogen and oxygen atoms in total. The van der Waals surface area contributed by atoms with Gasteiger partial charge in [-0.25, -0.2) is 4.79 Å². The maximum absolute atomic E-state index is 10.5. The van der Waals surface area contributed by atoms with Crippen LogP contribution in [0.15, 0.2) is 28.6 Å². The van der Waals surface area contributed by atoms with Crippen molar-refractivity contribution < 1.29 is 18.3 Å². The van der Waals surface area contributed by atoms with Gasteiger partial charge in [0.15, 0.2) is 0 Å². The average Bonchev–Trinajstić information content (AvgIpc) is 2.29. The highest BCUT2D eigenvalue weighted by atomic mass is 32.2. The number of hydrogen-bond donors (Lipinski definition) is 1.